The van der Waals surface area contributed by atoms with Crippen molar-refractivity contribution in [1.29, 1.82) is 0 Å². The molecule has 2 N–H and O–H groups in total. The average Bonchev–Trinajstić information content (AvgIpc) is 2.91. The summed E-state index contributed by atoms with van der Waals surface area (Å²) in [6.45, 7) is 0.220. The molecule has 3 aromatic rings. The molecule has 1 amide bonds. The Hall–Kier alpha value is -2.55. The van der Waals surface area contributed by atoms with E-state index in [1.165, 1.54) is 40.7 Å². The number of amides is 1. The summed E-state index contributed by atoms with van der Waals surface area (Å²) in [5, 5.41) is 2.62. The predicted molar refractivity (Wildman–Crippen MR) is 156 cm³/mol. The maximum absolute atomic E-state index is 13.1. The molecule has 1 atom stereocenters. The molecular weight excluding hydrogens is 662 g/mol. The Morgan fingerprint density at radius 3 is 2.17 bits per heavy atom. The topological polar surface area (TPSA) is 113 Å². The number of nitrogens with zero attached hydrogens (tertiary/aromatic N) is 1. The number of piperidine rings is 1. The van der Waals surface area contributed by atoms with E-state index in [9.17, 15) is 34.8 Å². The van der Waals surface area contributed by atoms with Crippen LogP contribution in [0.2, 0.25) is 15.1 Å². The highest BCUT2D eigenvalue weighted by Gasteiger charge is 2.34. The van der Waals surface area contributed by atoms with Crippen LogP contribution in [0.25, 0.3) is 0 Å². The molecule has 4 rings (SSSR count). The van der Waals surface area contributed by atoms with Crippen molar-refractivity contribution >= 4 is 72.1 Å². The second-order valence-electron chi connectivity index (χ2n) is 9.51. The van der Waals surface area contributed by atoms with Crippen LogP contribution in [-0.4, -0.2) is 40.1 Å². The van der Waals surface area contributed by atoms with Crippen LogP contribution in [0.3, 0.4) is 0 Å². The third-order valence-electron chi connectivity index (χ3n) is 6.44. The second-order valence-corrected chi connectivity index (χ2v) is 14.4. The molecule has 1 saturated heterocycles. The molecule has 0 bridgehead atoms. The van der Waals surface area contributed by atoms with Gasteiger partial charge in [0, 0.05) is 24.5 Å². The van der Waals surface area contributed by atoms with Crippen molar-refractivity contribution < 1.29 is 34.8 Å². The third-order valence-corrected chi connectivity index (χ3v) is 10.7. The zero-order chi connectivity index (χ0) is 30.9. The largest absolute Gasteiger partial charge is 0.417 e. The number of carbonyl (C=O) groups is 1. The number of carbonyl (C=O) groups excluding carboxylic acids is 1. The van der Waals surface area contributed by atoms with Crippen LogP contribution in [0, 0.1) is 5.92 Å². The van der Waals surface area contributed by atoms with E-state index < -0.39 is 48.6 Å². The van der Waals surface area contributed by atoms with E-state index in [0.717, 1.165) is 12.1 Å². The number of rotatable bonds is 8. The van der Waals surface area contributed by atoms with Crippen molar-refractivity contribution in [3.63, 3.8) is 0 Å². The Bertz CT molecular complexity index is 1700. The van der Waals surface area contributed by atoms with Gasteiger partial charge in [-0.2, -0.15) is 13.2 Å². The van der Waals surface area contributed by atoms with Crippen LogP contribution in [0.5, 0.6) is 0 Å². The van der Waals surface area contributed by atoms with E-state index in [1.54, 1.807) is 6.07 Å². The van der Waals surface area contributed by atoms with Crippen LogP contribution < -0.4 is 10.0 Å². The summed E-state index contributed by atoms with van der Waals surface area (Å²) in [6, 6.07) is 12.2. The lowest BCUT2D eigenvalue weighted by atomic mass is 9.99. The first-order valence-corrected chi connectivity index (χ1v) is 16.5. The smallest absolute Gasteiger partial charge is 0.326 e. The quantitative estimate of drug-likeness (QED) is 0.276. The lowest BCUT2D eigenvalue weighted by Crippen LogP contribution is -2.44. The molecule has 226 valence electrons. The third kappa shape index (κ3) is 7.88. The number of hydrogen-bond acceptors (Lipinski definition) is 5. The van der Waals surface area contributed by atoms with Crippen LogP contribution in [-0.2, 0) is 36.8 Å². The summed E-state index contributed by atoms with van der Waals surface area (Å²) in [7, 11) is -8.03. The Labute approximate surface area is 255 Å². The fraction of sp³-hybridized carbons (Fsp3) is 0.269. The highest BCUT2D eigenvalue weighted by atomic mass is 35.5. The lowest BCUT2D eigenvalue weighted by molar-refractivity contribution is -0.137. The van der Waals surface area contributed by atoms with Gasteiger partial charge in [0.05, 0.1) is 37.2 Å². The highest BCUT2D eigenvalue weighted by Crippen LogP contribution is 2.36. The lowest BCUT2D eigenvalue weighted by Gasteiger charge is -2.31. The first kappa shape index (κ1) is 32.4. The zero-order valence-corrected chi connectivity index (χ0v) is 25.4. The van der Waals surface area contributed by atoms with E-state index in [-0.39, 0.29) is 40.1 Å². The standard InChI is InChI=1S/C26H23Cl3F3N3O5S2/c27-22-10-6-19(13-21(22)26(30,31)32)34-42(39,40)20-7-4-18(5-8-20)33-25(36)17-2-1-11-35(14-17)41(37,38)15-16-3-9-23(28)24(29)12-16/h3-10,12-13,17,34H,1-2,11,14-15H2,(H,33,36)/t17-/m1/s1. The van der Waals surface area contributed by atoms with Gasteiger partial charge < -0.3 is 5.32 Å². The summed E-state index contributed by atoms with van der Waals surface area (Å²) >= 11 is 17.5. The molecule has 0 spiro atoms. The number of hydrogen-bond donors (Lipinski definition) is 2. The number of anilines is 2. The van der Waals surface area contributed by atoms with Gasteiger partial charge in [0.2, 0.25) is 15.9 Å². The number of halogens is 6. The summed E-state index contributed by atoms with van der Waals surface area (Å²) in [5.41, 5.74) is -0.816. The number of nitrogens with one attached hydrogen (secondary N) is 2. The monoisotopic (exact) mass is 683 g/mol. The number of sulfonamides is 2. The van der Waals surface area contributed by atoms with Crippen LogP contribution in [0.1, 0.15) is 24.0 Å². The summed E-state index contributed by atoms with van der Waals surface area (Å²) in [4.78, 5) is 12.7. The molecule has 1 heterocycles. The Morgan fingerprint density at radius 2 is 1.52 bits per heavy atom. The van der Waals surface area contributed by atoms with Crippen molar-refractivity contribution in [2.24, 2.45) is 5.92 Å². The normalized spacial score (nSPS) is 16.7. The van der Waals surface area contributed by atoms with E-state index in [0.29, 0.717) is 29.5 Å². The first-order valence-electron chi connectivity index (χ1n) is 12.3. The molecule has 1 fully saturated rings. The van der Waals surface area contributed by atoms with Crippen molar-refractivity contribution in [1.82, 2.24) is 4.31 Å². The molecular formula is C26H23Cl3F3N3O5S2. The molecule has 0 aliphatic carbocycles. The predicted octanol–water partition coefficient (Wildman–Crippen LogP) is 6.65. The van der Waals surface area contributed by atoms with Gasteiger partial charge in [0.15, 0.2) is 0 Å². The van der Waals surface area contributed by atoms with Gasteiger partial charge in [-0.1, -0.05) is 40.9 Å². The molecule has 1 aliphatic rings. The second kappa shape index (κ2) is 12.6. The van der Waals surface area contributed by atoms with Crippen molar-refractivity contribution in [2.45, 2.75) is 29.7 Å². The molecule has 3 aromatic carbocycles. The van der Waals surface area contributed by atoms with Crippen molar-refractivity contribution in [2.75, 3.05) is 23.1 Å². The zero-order valence-electron chi connectivity index (χ0n) is 21.5. The fourth-order valence-corrected chi connectivity index (χ4v) is 7.51. The Kier molecular flexibility index (Phi) is 9.70. The van der Waals surface area contributed by atoms with Gasteiger partial charge in [-0.05, 0) is 73.0 Å². The van der Waals surface area contributed by atoms with Gasteiger partial charge in [-0.15, -0.1) is 0 Å². The summed E-state index contributed by atoms with van der Waals surface area (Å²) < 4.78 is 94.2. The van der Waals surface area contributed by atoms with Crippen LogP contribution >= 0.6 is 34.8 Å². The van der Waals surface area contributed by atoms with Gasteiger partial charge in [0.25, 0.3) is 10.0 Å². The highest BCUT2D eigenvalue weighted by molar-refractivity contribution is 7.92. The van der Waals surface area contributed by atoms with Gasteiger partial charge in [-0.25, -0.2) is 21.1 Å². The molecule has 0 unspecified atom stereocenters. The minimum Gasteiger partial charge on any atom is -0.326 e. The van der Waals surface area contributed by atoms with Crippen molar-refractivity contribution in [3.8, 4) is 0 Å². The van der Waals surface area contributed by atoms with Crippen LogP contribution in [0.4, 0.5) is 24.5 Å². The van der Waals surface area contributed by atoms with Gasteiger partial charge in [-0.3, -0.25) is 9.52 Å². The van der Waals surface area contributed by atoms with Gasteiger partial charge in [0.1, 0.15) is 0 Å². The molecule has 16 heteroatoms. The van der Waals surface area contributed by atoms with E-state index in [1.807, 2.05) is 0 Å². The van der Waals surface area contributed by atoms with E-state index in [2.05, 4.69) is 10.0 Å². The molecule has 8 nitrogen and oxygen atoms in total. The Balaban J connectivity index is 1.39. The maximum atomic E-state index is 13.1. The minimum atomic E-state index is -4.77. The fourth-order valence-electron chi connectivity index (χ4n) is 4.32. The van der Waals surface area contributed by atoms with E-state index >= 15 is 0 Å². The molecule has 0 saturated carbocycles. The maximum Gasteiger partial charge on any atom is 0.417 e. The first-order chi connectivity index (χ1) is 19.5. The number of alkyl halides is 3. The van der Waals surface area contributed by atoms with Gasteiger partial charge >= 0.3 is 6.18 Å². The molecule has 0 radical (unpaired) electrons. The minimum absolute atomic E-state index is 0.0348. The Morgan fingerprint density at radius 1 is 0.881 bits per heavy atom. The summed E-state index contributed by atoms with van der Waals surface area (Å²) in [6.07, 6.45) is -3.87. The average molecular weight is 685 g/mol. The van der Waals surface area contributed by atoms with Crippen molar-refractivity contribution in [3.05, 3.63) is 86.9 Å². The number of benzene rings is 3. The van der Waals surface area contributed by atoms with Crippen LogP contribution in [0.15, 0.2) is 65.6 Å². The van der Waals surface area contributed by atoms with E-state index in [4.69, 9.17) is 34.8 Å². The molecule has 1 aliphatic heterocycles. The summed E-state index contributed by atoms with van der Waals surface area (Å²) in [5.74, 6) is -1.41. The SMILES string of the molecule is O=C(Nc1ccc(S(=O)(=O)Nc2ccc(Cl)c(C(F)(F)F)c2)cc1)[C@@H]1CCCN(S(=O)(=O)Cc2ccc(Cl)c(Cl)c2)C1. The molecule has 42 heavy (non-hydrogen) atoms. The molecule has 0 aromatic heterocycles.